The maximum atomic E-state index is 12.1. The lowest BCUT2D eigenvalue weighted by molar-refractivity contribution is -0.128. The molecule has 1 amide bonds. The maximum absolute atomic E-state index is 12.1. The number of rotatable bonds is 4. The summed E-state index contributed by atoms with van der Waals surface area (Å²) >= 11 is 0. The second-order valence-electron chi connectivity index (χ2n) is 6.34. The maximum Gasteiger partial charge on any atom is 0.235 e. The Labute approximate surface area is 115 Å². The van der Waals surface area contributed by atoms with Crippen molar-refractivity contribution in [1.82, 2.24) is 10.2 Å². The van der Waals surface area contributed by atoms with Crippen LogP contribution >= 0.6 is 0 Å². The lowest BCUT2D eigenvalue weighted by atomic mass is 9.90. The molecule has 1 atom stereocenters. The van der Waals surface area contributed by atoms with Crippen LogP contribution in [0.5, 0.6) is 0 Å². The van der Waals surface area contributed by atoms with E-state index in [-0.39, 0.29) is 17.4 Å². The van der Waals surface area contributed by atoms with Gasteiger partial charge in [-0.05, 0) is 26.7 Å². The van der Waals surface area contributed by atoms with E-state index >= 15 is 0 Å². The number of ether oxygens (including phenoxy) is 1. The number of hydrogen-bond acceptors (Lipinski definition) is 4. The largest absolute Gasteiger partial charge is 0.373 e. The van der Waals surface area contributed by atoms with E-state index in [1.165, 1.54) is 0 Å². The zero-order valence-electron chi connectivity index (χ0n) is 12.6. The number of nitriles is 1. The molecule has 19 heavy (non-hydrogen) atoms. The number of nitrogens with zero attached hydrogens (tertiary/aromatic N) is 2. The molecule has 1 unspecified atom stereocenters. The monoisotopic (exact) mass is 267 g/mol. The first-order chi connectivity index (χ1) is 8.68. The number of carbonyl (C=O) groups is 1. The topological polar surface area (TPSA) is 65.4 Å². The number of amides is 1. The summed E-state index contributed by atoms with van der Waals surface area (Å²) in [6, 6.07) is 2.19. The molecule has 1 aliphatic rings. The van der Waals surface area contributed by atoms with Crippen LogP contribution in [0.25, 0.3) is 0 Å². The van der Waals surface area contributed by atoms with Crippen molar-refractivity contribution in [3.05, 3.63) is 0 Å². The predicted octanol–water partition coefficient (Wildman–Crippen LogP) is 1.15. The van der Waals surface area contributed by atoms with E-state index < -0.39 is 5.54 Å². The summed E-state index contributed by atoms with van der Waals surface area (Å²) < 4.78 is 5.61. The first-order valence-electron chi connectivity index (χ1n) is 6.77. The Bertz CT molecular complexity index is 373. The number of morpholine rings is 1. The molecule has 1 saturated heterocycles. The van der Waals surface area contributed by atoms with E-state index in [9.17, 15) is 10.1 Å². The molecule has 0 radical (unpaired) electrons. The highest BCUT2D eigenvalue weighted by molar-refractivity contribution is 5.79. The van der Waals surface area contributed by atoms with E-state index in [4.69, 9.17) is 4.74 Å². The molecule has 0 aromatic carbocycles. The fourth-order valence-corrected chi connectivity index (χ4v) is 2.08. The van der Waals surface area contributed by atoms with Gasteiger partial charge in [-0.25, -0.2) is 0 Å². The quantitative estimate of drug-likeness (QED) is 0.830. The van der Waals surface area contributed by atoms with E-state index in [2.05, 4.69) is 16.3 Å². The van der Waals surface area contributed by atoms with Gasteiger partial charge in [-0.1, -0.05) is 13.8 Å². The molecule has 0 bridgehead atoms. The van der Waals surface area contributed by atoms with Gasteiger partial charge in [0, 0.05) is 13.1 Å². The van der Waals surface area contributed by atoms with Crippen LogP contribution in [0, 0.1) is 17.2 Å². The summed E-state index contributed by atoms with van der Waals surface area (Å²) in [6.45, 7) is 12.1. The third kappa shape index (κ3) is 4.48. The molecule has 1 aliphatic heterocycles. The molecule has 1 heterocycles. The van der Waals surface area contributed by atoms with Crippen molar-refractivity contribution < 1.29 is 9.53 Å². The molecule has 0 aliphatic carbocycles. The molecule has 0 spiro atoms. The Morgan fingerprint density at radius 3 is 2.68 bits per heavy atom. The van der Waals surface area contributed by atoms with Gasteiger partial charge in [0.1, 0.15) is 5.54 Å². The van der Waals surface area contributed by atoms with Gasteiger partial charge in [-0.15, -0.1) is 0 Å². The Morgan fingerprint density at radius 1 is 1.58 bits per heavy atom. The average molecular weight is 267 g/mol. The van der Waals surface area contributed by atoms with Gasteiger partial charge in [0.05, 0.1) is 24.8 Å². The van der Waals surface area contributed by atoms with Gasteiger partial charge in [0.25, 0.3) is 0 Å². The zero-order chi connectivity index (χ0) is 14.7. The standard InChI is InChI=1S/C14H25N3O2/c1-11(2)14(5,9-15)16-12(18)8-17-6-7-19-13(3,4)10-17/h11H,6-8,10H2,1-5H3,(H,16,18). The molecule has 0 saturated carbocycles. The van der Waals surface area contributed by atoms with Crippen LogP contribution in [-0.4, -0.2) is 48.2 Å². The van der Waals surface area contributed by atoms with Crippen molar-refractivity contribution in [2.24, 2.45) is 5.92 Å². The van der Waals surface area contributed by atoms with Crippen molar-refractivity contribution in [3.63, 3.8) is 0 Å². The average Bonchev–Trinajstić information content (AvgIpc) is 2.26. The number of nitrogens with one attached hydrogen (secondary N) is 1. The number of hydrogen-bond donors (Lipinski definition) is 1. The van der Waals surface area contributed by atoms with Crippen molar-refractivity contribution in [3.8, 4) is 6.07 Å². The van der Waals surface area contributed by atoms with Crippen molar-refractivity contribution in [2.75, 3.05) is 26.2 Å². The van der Waals surface area contributed by atoms with Crippen molar-refractivity contribution >= 4 is 5.91 Å². The Kier molecular flexibility index (Phi) is 4.94. The van der Waals surface area contributed by atoms with E-state index in [0.717, 1.165) is 13.1 Å². The van der Waals surface area contributed by atoms with Crippen LogP contribution in [0.3, 0.4) is 0 Å². The molecule has 5 heteroatoms. The summed E-state index contributed by atoms with van der Waals surface area (Å²) in [5, 5.41) is 12.0. The van der Waals surface area contributed by atoms with E-state index in [1.54, 1.807) is 6.92 Å². The highest BCUT2D eigenvalue weighted by Crippen LogP contribution is 2.17. The summed E-state index contributed by atoms with van der Waals surface area (Å²) in [4.78, 5) is 14.1. The molecular formula is C14H25N3O2. The summed E-state index contributed by atoms with van der Waals surface area (Å²) in [7, 11) is 0. The second kappa shape index (κ2) is 5.89. The third-order valence-electron chi connectivity index (χ3n) is 3.66. The van der Waals surface area contributed by atoms with Crippen LogP contribution in [0.2, 0.25) is 0 Å². The third-order valence-corrected chi connectivity index (χ3v) is 3.66. The minimum atomic E-state index is -0.807. The second-order valence-corrected chi connectivity index (χ2v) is 6.34. The van der Waals surface area contributed by atoms with Gasteiger partial charge in [0.15, 0.2) is 0 Å². The van der Waals surface area contributed by atoms with Crippen LogP contribution < -0.4 is 5.32 Å². The van der Waals surface area contributed by atoms with E-state index in [1.807, 2.05) is 27.7 Å². The van der Waals surface area contributed by atoms with Crippen LogP contribution in [0.15, 0.2) is 0 Å². The SMILES string of the molecule is CC(C)C(C)(C#N)NC(=O)CN1CCOC(C)(C)C1. The lowest BCUT2D eigenvalue weighted by Crippen LogP contribution is -2.55. The molecule has 108 valence electrons. The fraction of sp³-hybridized carbons (Fsp3) is 0.857. The van der Waals surface area contributed by atoms with Gasteiger partial charge in [-0.2, -0.15) is 5.26 Å². The highest BCUT2D eigenvalue weighted by Gasteiger charge is 2.32. The Balaban J connectivity index is 2.54. The van der Waals surface area contributed by atoms with Crippen LogP contribution in [0.4, 0.5) is 0 Å². The summed E-state index contributed by atoms with van der Waals surface area (Å²) in [5.41, 5.74) is -1.02. The van der Waals surface area contributed by atoms with Crippen molar-refractivity contribution in [2.45, 2.75) is 45.8 Å². The number of carbonyl (C=O) groups excluding carboxylic acids is 1. The minimum Gasteiger partial charge on any atom is -0.373 e. The van der Waals surface area contributed by atoms with E-state index in [0.29, 0.717) is 13.2 Å². The fourth-order valence-electron chi connectivity index (χ4n) is 2.08. The smallest absolute Gasteiger partial charge is 0.235 e. The molecular weight excluding hydrogens is 242 g/mol. The molecule has 0 aromatic heterocycles. The predicted molar refractivity (Wildman–Crippen MR) is 73.5 cm³/mol. The Morgan fingerprint density at radius 2 is 2.21 bits per heavy atom. The summed E-state index contributed by atoms with van der Waals surface area (Å²) in [6.07, 6.45) is 0. The van der Waals surface area contributed by atoms with Gasteiger partial charge in [0.2, 0.25) is 5.91 Å². The molecule has 0 aromatic rings. The van der Waals surface area contributed by atoms with Crippen LogP contribution in [0.1, 0.15) is 34.6 Å². The van der Waals surface area contributed by atoms with Crippen LogP contribution in [-0.2, 0) is 9.53 Å². The first-order valence-corrected chi connectivity index (χ1v) is 6.77. The van der Waals surface area contributed by atoms with Crippen molar-refractivity contribution in [1.29, 1.82) is 5.26 Å². The highest BCUT2D eigenvalue weighted by atomic mass is 16.5. The lowest BCUT2D eigenvalue weighted by Gasteiger charge is -2.38. The first kappa shape index (κ1) is 15.9. The van der Waals surface area contributed by atoms with Gasteiger partial charge in [-0.3, -0.25) is 9.69 Å². The molecule has 1 rings (SSSR count). The minimum absolute atomic E-state index is 0.0718. The van der Waals surface area contributed by atoms with Gasteiger partial charge < -0.3 is 10.1 Å². The molecule has 5 nitrogen and oxygen atoms in total. The molecule has 1 N–H and O–H groups in total. The zero-order valence-corrected chi connectivity index (χ0v) is 12.6. The summed E-state index contributed by atoms with van der Waals surface area (Å²) in [5.74, 6) is -0.0296. The normalized spacial score (nSPS) is 22.6. The molecule has 1 fully saturated rings. The Hall–Kier alpha value is -1.12. The van der Waals surface area contributed by atoms with Gasteiger partial charge >= 0.3 is 0 Å².